The highest BCUT2D eigenvalue weighted by molar-refractivity contribution is 5.91. The molecule has 6 fully saturated rings. The van der Waals surface area contributed by atoms with Crippen LogP contribution in [0.5, 0.6) is 11.6 Å². The number of nitrogens with two attached hydrogens (primary N) is 1. The van der Waals surface area contributed by atoms with Gasteiger partial charge >= 0.3 is 0 Å². The molecule has 8 heterocycles. The molecule has 5 N–H and O–H groups in total. The number of phenolic OH excluding ortho intramolecular Hbond substituents is 1. The third-order valence-corrected chi connectivity index (χ3v) is 17.1. The van der Waals surface area contributed by atoms with E-state index in [1.807, 2.05) is 51.2 Å². The molecule has 406 valence electrons. The summed E-state index contributed by atoms with van der Waals surface area (Å²) in [5.41, 5.74) is 11.0. The molecule has 2 amide bonds. The summed E-state index contributed by atoms with van der Waals surface area (Å²) in [6, 6.07) is 23.7. The van der Waals surface area contributed by atoms with Gasteiger partial charge in [-0.25, -0.2) is 4.98 Å². The van der Waals surface area contributed by atoms with E-state index in [4.69, 9.17) is 19.7 Å². The number of aromatic hydroxyl groups is 1. The standard InChI is InChI=1S/C58H72N12O7/c1-35(2)55(58(74)69-34-43(71)25-50(69)57(73)62-36(3)39-10-8-37(30-59)9-11-39)52-29-53(65-77-52)67-22-15-38(16-23-67)31-66-20-17-44(18-21-66)75-45-26-46(27-45)76-54-24-40(14-19-61-54)70-41-12-13-42(70)33-68(32-41)49-28-48(63-64-56(49)60)47-6-4-5-7-51(47)72/h4-11,14,19,24,28-29,35-36,38,41-46,50,55,71-72H,12-13,15-18,20-23,25-27,31-34H2,1-3H3,(H2,60,64)(H,62,73)/t36-,41?,42?,43+,45-,46-,50-,55+/m0/s1. The second-order valence-corrected chi connectivity index (χ2v) is 22.6. The Morgan fingerprint density at radius 2 is 1.60 bits per heavy atom. The van der Waals surface area contributed by atoms with Crippen molar-refractivity contribution in [3.63, 3.8) is 0 Å². The summed E-state index contributed by atoms with van der Waals surface area (Å²) in [5, 5.41) is 46.4. The molecule has 5 aromatic rings. The Hall–Kier alpha value is -7.01. The fourth-order valence-corrected chi connectivity index (χ4v) is 12.8. The Morgan fingerprint density at radius 3 is 2.31 bits per heavy atom. The molecule has 19 nitrogen and oxygen atoms in total. The van der Waals surface area contributed by atoms with Gasteiger partial charge in [0.25, 0.3) is 0 Å². The quantitative estimate of drug-likeness (QED) is 0.0833. The van der Waals surface area contributed by atoms with Gasteiger partial charge in [-0.1, -0.05) is 43.3 Å². The minimum absolute atomic E-state index is 0.0646. The molecule has 77 heavy (non-hydrogen) atoms. The lowest BCUT2D eigenvalue weighted by Crippen LogP contribution is -2.54. The number of nitriles is 1. The number of likely N-dealkylation sites (tertiary alicyclic amines) is 2. The molecule has 0 spiro atoms. The van der Waals surface area contributed by atoms with E-state index in [1.54, 1.807) is 36.4 Å². The number of amides is 2. The number of β-amino-alcohol motifs (C(OH)–C–C–N with tert-alkyl or cyclic N) is 1. The zero-order valence-corrected chi connectivity index (χ0v) is 44.4. The maximum Gasteiger partial charge on any atom is 0.243 e. The average Bonchev–Trinajstić information content (AvgIpc) is 4.16. The van der Waals surface area contributed by atoms with Crippen molar-refractivity contribution >= 4 is 34.8 Å². The largest absolute Gasteiger partial charge is 0.507 e. The maximum atomic E-state index is 14.3. The molecule has 2 bridgehead atoms. The first kappa shape index (κ1) is 52.1. The van der Waals surface area contributed by atoms with Gasteiger partial charge in [0.15, 0.2) is 17.4 Å². The molecule has 5 aliphatic heterocycles. The number of rotatable bonds is 16. The predicted molar refractivity (Wildman–Crippen MR) is 290 cm³/mol. The first-order chi connectivity index (χ1) is 37.3. The summed E-state index contributed by atoms with van der Waals surface area (Å²) < 4.78 is 19.0. The molecule has 11 rings (SSSR count). The van der Waals surface area contributed by atoms with E-state index in [2.05, 4.69) is 63.5 Å². The van der Waals surface area contributed by atoms with Gasteiger partial charge in [0.2, 0.25) is 17.7 Å². The molecule has 6 atom stereocenters. The number of ether oxygens (including phenoxy) is 2. The summed E-state index contributed by atoms with van der Waals surface area (Å²) in [7, 11) is 0. The number of nitrogens with zero attached hydrogens (tertiary/aromatic N) is 10. The normalized spacial score (nSPS) is 24.9. The van der Waals surface area contributed by atoms with Crippen LogP contribution in [-0.4, -0.2) is 147 Å². The molecule has 19 heteroatoms. The summed E-state index contributed by atoms with van der Waals surface area (Å²) >= 11 is 0. The van der Waals surface area contributed by atoms with Gasteiger partial charge in [0.05, 0.1) is 47.4 Å². The number of fused-ring (bicyclic) bond motifs is 2. The molecule has 1 saturated carbocycles. The van der Waals surface area contributed by atoms with Crippen LogP contribution >= 0.6 is 0 Å². The zero-order chi connectivity index (χ0) is 53.3. The number of aromatic nitrogens is 4. The van der Waals surface area contributed by atoms with Gasteiger partial charge in [0.1, 0.15) is 23.8 Å². The number of nitrogens with one attached hydrogen (secondary N) is 1. The first-order valence-corrected chi connectivity index (χ1v) is 27.8. The highest BCUT2D eigenvalue weighted by Gasteiger charge is 2.45. The molecular formula is C58H72N12O7. The highest BCUT2D eigenvalue weighted by Crippen LogP contribution is 2.41. The lowest BCUT2D eigenvalue weighted by molar-refractivity contribution is -0.141. The minimum Gasteiger partial charge on any atom is -0.507 e. The Bertz CT molecular complexity index is 2900. The van der Waals surface area contributed by atoms with Crippen LogP contribution in [0.2, 0.25) is 0 Å². The zero-order valence-electron chi connectivity index (χ0n) is 44.4. The lowest BCUT2D eigenvalue weighted by atomic mass is 9.91. The number of nitrogen functional groups attached to an aromatic ring is 1. The van der Waals surface area contributed by atoms with Gasteiger partial charge in [0, 0.05) is 113 Å². The number of aliphatic hydroxyl groups is 1. The Kier molecular flexibility index (Phi) is 15.2. The molecule has 3 aromatic heterocycles. The van der Waals surface area contributed by atoms with Crippen LogP contribution in [-0.2, 0) is 14.3 Å². The summed E-state index contributed by atoms with van der Waals surface area (Å²) in [5.74, 6) is 1.58. The number of carbonyl (C=O) groups excluding carboxylic acids is 2. The highest BCUT2D eigenvalue weighted by atomic mass is 16.5. The SMILES string of the molecule is CC(C)[C@@H](C(=O)N1C[C@H](O)C[C@H]1C(=O)N[C@@H](C)c1ccc(C#N)cc1)c1cc(N2CCC(CN3CCC(O[C@H]4C[C@H](Oc5cc(N6C7CCC6CN(c6cc(-c8ccccc8O)nnc6N)C7)ccn5)C4)CC3)CC2)no1. The van der Waals surface area contributed by atoms with Crippen LogP contribution in [0.3, 0.4) is 0 Å². The van der Waals surface area contributed by atoms with Crippen molar-refractivity contribution < 1.29 is 33.8 Å². The van der Waals surface area contributed by atoms with E-state index < -0.39 is 18.1 Å². The number of piperidine rings is 2. The smallest absolute Gasteiger partial charge is 0.243 e. The Morgan fingerprint density at radius 1 is 0.857 bits per heavy atom. The van der Waals surface area contributed by atoms with E-state index in [9.17, 15) is 25.1 Å². The average molecular weight is 1050 g/mol. The Labute approximate surface area is 450 Å². The van der Waals surface area contributed by atoms with E-state index in [-0.39, 0.29) is 60.8 Å². The van der Waals surface area contributed by atoms with Crippen molar-refractivity contribution in [2.24, 2.45) is 11.8 Å². The van der Waals surface area contributed by atoms with Gasteiger partial charge in [-0.2, -0.15) is 5.26 Å². The maximum absolute atomic E-state index is 14.3. The molecule has 2 unspecified atom stereocenters. The van der Waals surface area contributed by atoms with E-state index in [0.29, 0.717) is 52.3 Å². The molecule has 0 radical (unpaired) electrons. The third-order valence-electron chi connectivity index (χ3n) is 17.1. The topological polar surface area (TPSA) is 236 Å². The van der Waals surface area contributed by atoms with Crippen molar-refractivity contribution in [2.75, 3.05) is 72.8 Å². The summed E-state index contributed by atoms with van der Waals surface area (Å²) in [6.45, 7) is 12.3. The molecule has 5 saturated heterocycles. The fourth-order valence-electron chi connectivity index (χ4n) is 12.8. The van der Waals surface area contributed by atoms with Gasteiger partial charge in [-0.15, -0.1) is 10.2 Å². The number of pyridine rings is 1. The molecular weight excluding hydrogens is 977 g/mol. The number of piperazine rings is 1. The van der Waals surface area contributed by atoms with Crippen LogP contribution in [0.1, 0.15) is 107 Å². The van der Waals surface area contributed by atoms with Crippen molar-refractivity contribution in [3.8, 4) is 29.0 Å². The van der Waals surface area contributed by atoms with Crippen LogP contribution in [0.25, 0.3) is 11.3 Å². The molecule has 2 aromatic carbocycles. The monoisotopic (exact) mass is 1050 g/mol. The predicted octanol–water partition coefficient (Wildman–Crippen LogP) is 6.43. The number of hydrogen-bond donors (Lipinski definition) is 4. The van der Waals surface area contributed by atoms with E-state index in [0.717, 1.165) is 120 Å². The van der Waals surface area contributed by atoms with Crippen molar-refractivity contribution in [2.45, 2.75) is 133 Å². The fraction of sp³-hybridized carbons (Fsp3) is 0.534. The van der Waals surface area contributed by atoms with Crippen molar-refractivity contribution in [3.05, 3.63) is 95.9 Å². The third kappa shape index (κ3) is 11.4. The number of hydrogen-bond acceptors (Lipinski definition) is 17. The summed E-state index contributed by atoms with van der Waals surface area (Å²) in [4.78, 5) is 43.7. The van der Waals surface area contributed by atoms with Crippen LogP contribution < -0.4 is 30.5 Å². The summed E-state index contributed by atoms with van der Waals surface area (Å²) in [6.07, 6.45) is 9.75. The van der Waals surface area contributed by atoms with Crippen LogP contribution in [0.4, 0.5) is 23.0 Å². The number of aliphatic hydroxyl groups excluding tert-OH is 1. The number of carbonyl (C=O) groups is 2. The lowest BCUT2D eigenvalue weighted by Gasteiger charge is -2.43. The van der Waals surface area contributed by atoms with Crippen LogP contribution in [0.15, 0.2) is 83.5 Å². The van der Waals surface area contributed by atoms with Gasteiger partial charge in [-0.05, 0) is 99.2 Å². The van der Waals surface area contributed by atoms with E-state index >= 15 is 0 Å². The number of phenols is 1. The number of para-hydroxylation sites is 1. The first-order valence-electron chi connectivity index (χ1n) is 27.8. The van der Waals surface area contributed by atoms with Gasteiger partial charge < -0.3 is 59.8 Å². The number of benzene rings is 2. The molecule has 6 aliphatic rings. The van der Waals surface area contributed by atoms with E-state index in [1.165, 1.54) is 4.90 Å². The second-order valence-electron chi connectivity index (χ2n) is 22.6. The van der Waals surface area contributed by atoms with Crippen molar-refractivity contribution in [1.29, 1.82) is 5.26 Å². The minimum atomic E-state index is -0.825. The van der Waals surface area contributed by atoms with Gasteiger partial charge in [-0.3, -0.25) is 9.59 Å². The Balaban J connectivity index is 0.600. The van der Waals surface area contributed by atoms with Crippen LogP contribution in [0, 0.1) is 23.2 Å². The van der Waals surface area contributed by atoms with Crippen molar-refractivity contribution in [1.82, 2.24) is 35.5 Å². The molecule has 1 aliphatic carbocycles. The number of anilines is 4. The second kappa shape index (κ2) is 22.5.